The van der Waals surface area contributed by atoms with Crippen molar-refractivity contribution in [1.29, 1.82) is 0 Å². The topological polar surface area (TPSA) is 71.8 Å². The SMILES string of the molecule is CCCc1c(N)nc(-c2cc(F)ccc2Br)[nH]c1=O. The van der Waals surface area contributed by atoms with Crippen LogP contribution in [0.1, 0.15) is 18.9 Å². The molecule has 100 valence electrons. The largest absolute Gasteiger partial charge is 0.383 e. The van der Waals surface area contributed by atoms with Gasteiger partial charge in [-0.2, -0.15) is 0 Å². The predicted octanol–water partition coefficient (Wildman–Crippen LogP) is 2.87. The third-order valence-electron chi connectivity index (χ3n) is 2.73. The van der Waals surface area contributed by atoms with Crippen LogP contribution in [0.2, 0.25) is 0 Å². The molecule has 0 radical (unpaired) electrons. The maximum atomic E-state index is 13.3. The van der Waals surface area contributed by atoms with Gasteiger partial charge < -0.3 is 10.7 Å². The molecule has 0 fully saturated rings. The number of rotatable bonds is 3. The lowest BCUT2D eigenvalue weighted by Crippen LogP contribution is -2.18. The van der Waals surface area contributed by atoms with E-state index in [-0.39, 0.29) is 17.2 Å². The molecule has 1 aromatic carbocycles. The van der Waals surface area contributed by atoms with Crippen molar-refractivity contribution in [1.82, 2.24) is 9.97 Å². The fraction of sp³-hybridized carbons (Fsp3) is 0.231. The minimum absolute atomic E-state index is 0.191. The zero-order valence-electron chi connectivity index (χ0n) is 10.3. The van der Waals surface area contributed by atoms with Crippen LogP contribution in [0.3, 0.4) is 0 Å². The van der Waals surface area contributed by atoms with E-state index in [4.69, 9.17) is 5.73 Å². The number of nitrogens with one attached hydrogen (secondary N) is 1. The number of aromatic nitrogens is 2. The molecule has 1 aromatic heterocycles. The Kier molecular flexibility index (Phi) is 3.99. The molecule has 2 aromatic rings. The molecule has 3 N–H and O–H groups in total. The number of nitrogens with zero attached hydrogens (tertiary/aromatic N) is 1. The summed E-state index contributed by atoms with van der Waals surface area (Å²) in [4.78, 5) is 18.7. The summed E-state index contributed by atoms with van der Waals surface area (Å²) >= 11 is 3.30. The molecule has 0 aliphatic heterocycles. The lowest BCUT2D eigenvalue weighted by molar-refractivity contribution is 0.628. The number of benzene rings is 1. The summed E-state index contributed by atoms with van der Waals surface area (Å²) in [6.07, 6.45) is 1.37. The molecule has 0 bridgehead atoms. The highest BCUT2D eigenvalue weighted by Crippen LogP contribution is 2.26. The maximum absolute atomic E-state index is 13.3. The smallest absolute Gasteiger partial charge is 0.256 e. The molecule has 0 aliphatic rings. The number of hydrogen-bond acceptors (Lipinski definition) is 3. The Labute approximate surface area is 118 Å². The first-order valence-corrected chi connectivity index (χ1v) is 6.66. The van der Waals surface area contributed by atoms with Crippen molar-refractivity contribution in [2.45, 2.75) is 19.8 Å². The van der Waals surface area contributed by atoms with E-state index in [1.807, 2.05) is 6.92 Å². The minimum Gasteiger partial charge on any atom is -0.383 e. The van der Waals surface area contributed by atoms with E-state index in [1.54, 1.807) is 6.07 Å². The number of H-pyrrole nitrogens is 1. The van der Waals surface area contributed by atoms with Crippen molar-refractivity contribution in [3.63, 3.8) is 0 Å². The van der Waals surface area contributed by atoms with Gasteiger partial charge in [0.2, 0.25) is 0 Å². The van der Waals surface area contributed by atoms with Crippen molar-refractivity contribution < 1.29 is 4.39 Å². The number of halogens is 2. The number of nitrogens with two attached hydrogens (primary N) is 1. The number of hydrogen-bond donors (Lipinski definition) is 2. The summed E-state index contributed by atoms with van der Waals surface area (Å²) in [6, 6.07) is 4.17. The number of anilines is 1. The Bertz CT molecular complexity index is 669. The Morgan fingerprint density at radius 1 is 1.47 bits per heavy atom. The molecule has 0 spiro atoms. The lowest BCUT2D eigenvalue weighted by Gasteiger charge is -2.08. The van der Waals surface area contributed by atoms with Gasteiger partial charge in [-0.3, -0.25) is 4.79 Å². The summed E-state index contributed by atoms with van der Waals surface area (Å²) in [6.45, 7) is 1.95. The molecule has 0 aliphatic carbocycles. The highest BCUT2D eigenvalue weighted by Gasteiger charge is 2.12. The van der Waals surface area contributed by atoms with Crippen LogP contribution in [0, 0.1) is 5.82 Å². The first-order chi connectivity index (χ1) is 9.02. The van der Waals surface area contributed by atoms with Crippen LogP contribution >= 0.6 is 15.9 Å². The van der Waals surface area contributed by atoms with Crippen molar-refractivity contribution >= 4 is 21.7 Å². The Hall–Kier alpha value is -1.69. The van der Waals surface area contributed by atoms with E-state index in [1.165, 1.54) is 12.1 Å². The van der Waals surface area contributed by atoms with Crippen molar-refractivity contribution in [2.75, 3.05) is 5.73 Å². The fourth-order valence-corrected chi connectivity index (χ4v) is 2.25. The van der Waals surface area contributed by atoms with E-state index in [0.717, 1.165) is 6.42 Å². The second-order valence-corrected chi connectivity index (χ2v) is 5.01. The maximum Gasteiger partial charge on any atom is 0.256 e. The molecule has 0 atom stereocenters. The van der Waals surface area contributed by atoms with Crippen LogP contribution in [0.5, 0.6) is 0 Å². The normalized spacial score (nSPS) is 10.7. The summed E-state index contributed by atoms with van der Waals surface area (Å²) in [5, 5.41) is 0. The molecule has 6 heteroatoms. The second kappa shape index (κ2) is 5.52. The van der Waals surface area contributed by atoms with Gasteiger partial charge in [-0.25, -0.2) is 9.37 Å². The Morgan fingerprint density at radius 2 is 2.21 bits per heavy atom. The average molecular weight is 326 g/mol. The Morgan fingerprint density at radius 3 is 2.84 bits per heavy atom. The zero-order valence-corrected chi connectivity index (χ0v) is 11.9. The van der Waals surface area contributed by atoms with Gasteiger partial charge in [-0.05, 0) is 24.6 Å². The monoisotopic (exact) mass is 325 g/mol. The predicted molar refractivity (Wildman–Crippen MR) is 76.4 cm³/mol. The molecule has 0 amide bonds. The quantitative estimate of drug-likeness (QED) is 0.911. The summed E-state index contributed by atoms with van der Waals surface area (Å²) in [5.74, 6) is 0.0440. The fourth-order valence-electron chi connectivity index (χ4n) is 1.81. The van der Waals surface area contributed by atoms with Crippen molar-refractivity contribution in [3.8, 4) is 11.4 Å². The summed E-state index contributed by atoms with van der Waals surface area (Å²) < 4.78 is 13.9. The van der Waals surface area contributed by atoms with Gasteiger partial charge in [0.05, 0.1) is 5.56 Å². The zero-order chi connectivity index (χ0) is 14.0. The van der Waals surface area contributed by atoms with E-state index < -0.39 is 5.82 Å². The standard InChI is InChI=1S/C13H13BrFN3O/c1-2-3-8-11(16)17-12(18-13(8)19)9-6-7(15)4-5-10(9)14/h4-6H,2-3H2,1H3,(H3,16,17,18,19). The molecule has 0 unspecified atom stereocenters. The van der Waals surface area contributed by atoms with Gasteiger partial charge in [0.15, 0.2) is 0 Å². The van der Waals surface area contributed by atoms with E-state index in [2.05, 4.69) is 25.9 Å². The third-order valence-corrected chi connectivity index (χ3v) is 3.42. The molecular weight excluding hydrogens is 313 g/mol. The number of aromatic amines is 1. The van der Waals surface area contributed by atoms with Gasteiger partial charge in [-0.15, -0.1) is 0 Å². The molecule has 1 heterocycles. The van der Waals surface area contributed by atoms with Crippen LogP contribution in [-0.2, 0) is 6.42 Å². The van der Waals surface area contributed by atoms with Gasteiger partial charge in [0.1, 0.15) is 17.5 Å². The highest BCUT2D eigenvalue weighted by molar-refractivity contribution is 9.10. The van der Waals surface area contributed by atoms with Crippen molar-refractivity contribution in [3.05, 3.63) is 44.4 Å². The first kappa shape index (κ1) is 13.7. The average Bonchev–Trinajstić information content (AvgIpc) is 2.36. The van der Waals surface area contributed by atoms with E-state index in [9.17, 15) is 9.18 Å². The van der Waals surface area contributed by atoms with E-state index in [0.29, 0.717) is 22.0 Å². The Balaban J connectivity index is 2.58. The molecule has 19 heavy (non-hydrogen) atoms. The van der Waals surface area contributed by atoms with Gasteiger partial charge in [0, 0.05) is 10.0 Å². The first-order valence-electron chi connectivity index (χ1n) is 5.87. The molecule has 0 saturated carbocycles. The highest BCUT2D eigenvalue weighted by atomic mass is 79.9. The van der Waals surface area contributed by atoms with Gasteiger partial charge in [-0.1, -0.05) is 29.3 Å². The molecule has 2 rings (SSSR count). The molecule has 4 nitrogen and oxygen atoms in total. The van der Waals surface area contributed by atoms with Crippen molar-refractivity contribution in [2.24, 2.45) is 0 Å². The lowest BCUT2D eigenvalue weighted by atomic mass is 10.1. The van der Waals surface area contributed by atoms with Crippen LogP contribution in [-0.4, -0.2) is 9.97 Å². The van der Waals surface area contributed by atoms with Crippen LogP contribution in [0.15, 0.2) is 27.5 Å². The van der Waals surface area contributed by atoms with Crippen LogP contribution in [0.25, 0.3) is 11.4 Å². The van der Waals surface area contributed by atoms with Crippen LogP contribution < -0.4 is 11.3 Å². The second-order valence-electron chi connectivity index (χ2n) is 4.15. The van der Waals surface area contributed by atoms with Crippen LogP contribution in [0.4, 0.5) is 10.2 Å². The molecule has 0 saturated heterocycles. The summed E-state index contributed by atoms with van der Waals surface area (Å²) in [7, 11) is 0. The van der Waals surface area contributed by atoms with Gasteiger partial charge in [0.25, 0.3) is 5.56 Å². The molecular formula is C13H13BrFN3O. The third kappa shape index (κ3) is 2.84. The number of nitrogen functional groups attached to an aromatic ring is 1. The summed E-state index contributed by atoms with van der Waals surface area (Å²) in [5.41, 5.74) is 6.45. The minimum atomic E-state index is -0.406. The van der Waals surface area contributed by atoms with E-state index >= 15 is 0 Å². The van der Waals surface area contributed by atoms with Gasteiger partial charge >= 0.3 is 0 Å².